The summed E-state index contributed by atoms with van der Waals surface area (Å²) in [7, 11) is 0. The molecule has 3 aromatic rings. The van der Waals surface area contributed by atoms with Crippen LogP contribution in [0.3, 0.4) is 0 Å². The Hall–Kier alpha value is -3.40. The molecule has 1 amide bonds. The van der Waals surface area contributed by atoms with Crippen LogP contribution in [0.5, 0.6) is 0 Å². The molecule has 2 aliphatic rings. The van der Waals surface area contributed by atoms with E-state index in [2.05, 4.69) is 24.3 Å². The molecule has 0 aromatic heterocycles. The Balaban J connectivity index is 1.32. The number of likely N-dealkylation sites (tertiary alicyclic amines) is 1. The Morgan fingerprint density at radius 3 is 2.00 bits per heavy atom. The van der Waals surface area contributed by atoms with Gasteiger partial charge in [-0.1, -0.05) is 78.9 Å². The van der Waals surface area contributed by atoms with Gasteiger partial charge in [0.2, 0.25) is 5.91 Å². The highest BCUT2D eigenvalue weighted by molar-refractivity contribution is 5.94. The third-order valence-electron chi connectivity index (χ3n) is 6.63. The molecule has 3 aromatic carbocycles. The maximum Gasteiger partial charge on any atom is 0.339 e. The Morgan fingerprint density at radius 2 is 1.39 bits per heavy atom. The van der Waals surface area contributed by atoms with Crippen LogP contribution in [0.25, 0.3) is 0 Å². The average Bonchev–Trinajstić information content (AvgIpc) is 3.10. The molecule has 0 bridgehead atoms. The molecule has 0 unspecified atom stereocenters. The van der Waals surface area contributed by atoms with E-state index in [0.29, 0.717) is 37.9 Å². The molecule has 5 rings (SSSR count). The highest BCUT2D eigenvalue weighted by atomic mass is 16.6. The summed E-state index contributed by atoms with van der Waals surface area (Å²) in [5.74, 6) is -0.0791. The van der Waals surface area contributed by atoms with Crippen LogP contribution in [-0.2, 0) is 15.1 Å². The number of amides is 1. The van der Waals surface area contributed by atoms with Crippen molar-refractivity contribution < 1.29 is 14.3 Å². The van der Waals surface area contributed by atoms with Gasteiger partial charge in [0.15, 0.2) is 0 Å². The SMILES string of the molecule is O=C1OC2(CCN(C(=O)CC(c3ccccc3)c3ccccc3)CC2)c2ccccc21. The first-order valence-corrected chi connectivity index (χ1v) is 10.9. The van der Waals surface area contributed by atoms with Crippen LogP contribution >= 0.6 is 0 Å². The van der Waals surface area contributed by atoms with E-state index < -0.39 is 5.60 Å². The number of hydrogen-bond donors (Lipinski definition) is 0. The maximum atomic E-state index is 13.3. The van der Waals surface area contributed by atoms with E-state index in [4.69, 9.17) is 4.74 Å². The van der Waals surface area contributed by atoms with Crippen LogP contribution < -0.4 is 0 Å². The number of nitrogens with zero attached hydrogens (tertiary/aromatic N) is 1. The van der Waals surface area contributed by atoms with Crippen molar-refractivity contribution >= 4 is 11.9 Å². The van der Waals surface area contributed by atoms with Crippen LogP contribution in [0.15, 0.2) is 84.9 Å². The Kier molecular flexibility index (Phi) is 5.06. The van der Waals surface area contributed by atoms with E-state index in [1.165, 1.54) is 0 Å². The van der Waals surface area contributed by atoms with Gasteiger partial charge >= 0.3 is 5.97 Å². The molecule has 1 spiro atoms. The van der Waals surface area contributed by atoms with E-state index in [1.54, 1.807) is 0 Å². The molecule has 1 fully saturated rings. The van der Waals surface area contributed by atoms with E-state index in [9.17, 15) is 9.59 Å². The van der Waals surface area contributed by atoms with Crippen molar-refractivity contribution in [3.8, 4) is 0 Å². The summed E-state index contributed by atoms with van der Waals surface area (Å²) < 4.78 is 5.83. The second-order valence-electron chi connectivity index (χ2n) is 8.39. The lowest BCUT2D eigenvalue weighted by Crippen LogP contribution is -2.45. The van der Waals surface area contributed by atoms with Crippen molar-refractivity contribution in [1.29, 1.82) is 0 Å². The Morgan fingerprint density at radius 1 is 0.839 bits per heavy atom. The lowest BCUT2D eigenvalue weighted by Gasteiger charge is -2.39. The van der Waals surface area contributed by atoms with Crippen LogP contribution in [0, 0.1) is 0 Å². The van der Waals surface area contributed by atoms with Crippen molar-refractivity contribution in [3.63, 3.8) is 0 Å². The zero-order valence-electron chi connectivity index (χ0n) is 17.4. The van der Waals surface area contributed by atoms with Crippen molar-refractivity contribution in [2.24, 2.45) is 0 Å². The molecule has 0 N–H and O–H groups in total. The molecule has 0 atom stereocenters. The molecular weight excluding hydrogens is 386 g/mol. The summed E-state index contributed by atoms with van der Waals surface area (Å²) in [5.41, 5.74) is 3.35. The monoisotopic (exact) mass is 411 g/mol. The van der Waals surface area contributed by atoms with E-state index >= 15 is 0 Å². The number of piperidine rings is 1. The highest BCUT2D eigenvalue weighted by Gasteiger charge is 2.47. The topological polar surface area (TPSA) is 46.6 Å². The predicted molar refractivity (Wildman–Crippen MR) is 119 cm³/mol. The molecule has 31 heavy (non-hydrogen) atoms. The minimum absolute atomic E-state index is 0.0239. The molecule has 2 heterocycles. The van der Waals surface area contributed by atoms with Gasteiger partial charge in [-0.25, -0.2) is 4.79 Å². The van der Waals surface area contributed by atoms with Gasteiger partial charge in [-0.3, -0.25) is 4.79 Å². The van der Waals surface area contributed by atoms with Crippen molar-refractivity contribution in [2.45, 2.75) is 30.8 Å². The first kappa shape index (κ1) is 19.6. The van der Waals surface area contributed by atoms with Crippen molar-refractivity contribution in [1.82, 2.24) is 4.90 Å². The summed E-state index contributed by atoms with van der Waals surface area (Å²) in [5, 5.41) is 0. The first-order chi connectivity index (χ1) is 15.2. The van der Waals surface area contributed by atoms with Gasteiger partial charge in [0.25, 0.3) is 0 Å². The lowest BCUT2D eigenvalue weighted by molar-refractivity contribution is -0.135. The summed E-state index contributed by atoms with van der Waals surface area (Å²) in [6.45, 7) is 1.19. The van der Waals surface area contributed by atoms with Gasteiger partial charge in [0, 0.05) is 43.8 Å². The fourth-order valence-corrected chi connectivity index (χ4v) is 4.94. The predicted octanol–water partition coefficient (Wildman–Crippen LogP) is 4.90. The van der Waals surface area contributed by atoms with Crippen LogP contribution in [0.1, 0.15) is 52.2 Å². The molecule has 0 radical (unpaired) electrons. The molecule has 4 heteroatoms. The fraction of sp³-hybridized carbons (Fsp3) is 0.259. The third kappa shape index (κ3) is 3.63. The fourth-order valence-electron chi connectivity index (χ4n) is 4.94. The zero-order valence-corrected chi connectivity index (χ0v) is 17.4. The second-order valence-corrected chi connectivity index (χ2v) is 8.39. The number of carbonyl (C=O) groups is 2. The summed E-state index contributed by atoms with van der Waals surface area (Å²) >= 11 is 0. The zero-order chi connectivity index (χ0) is 21.3. The van der Waals surface area contributed by atoms with Gasteiger partial charge in [-0.15, -0.1) is 0 Å². The molecule has 0 aliphatic carbocycles. The Labute approximate surface area is 182 Å². The Bertz CT molecular complexity index is 1050. The standard InChI is InChI=1S/C27H25NO3/c29-25(19-23(20-9-3-1-4-10-20)21-11-5-2-6-12-21)28-17-15-27(16-18-28)24-14-8-7-13-22(24)26(30)31-27/h1-14,23H,15-19H2. The molecule has 4 nitrogen and oxygen atoms in total. The molecule has 0 saturated carbocycles. The van der Waals surface area contributed by atoms with Gasteiger partial charge < -0.3 is 9.64 Å². The highest BCUT2D eigenvalue weighted by Crippen LogP contribution is 2.44. The van der Waals surface area contributed by atoms with Crippen molar-refractivity contribution in [2.75, 3.05) is 13.1 Å². The minimum atomic E-state index is -0.581. The smallest absolute Gasteiger partial charge is 0.339 e. The number of benzene rings is 3. The molecule has 1 saturated heterocycles. The van der Waals surface area contributed by atoms with E-state index in [0.717, 1.165) is 16.7 Å². The van der Waals surface area contributed by atoms with Crippen LogP contribution in [0.4, 0.5) is 0 Å². The van der Waals surface area contributed by atoms with E-state index in [1.807, 2.05) is 65.6 Å². The average molecular weight is 412 g/mol. The number of hydrogen-bond acceptors (Lipinski definition) is 3. The number of fused-ring (bicyclic) bond motifs is 2. The molecular formula is C27H25NO3. The van der Waals surface area contributed by atoms with Gasteiger partial charge in [-0.2, -0.15) is 0 Å². The second kappa shape index (κ2) is 8.03. The minimum Gasteiger partial charge on any atom is -0.450 e. The lowest BCUT2D eigenvalue weighted by atomic mass is 9.83. The largest absolute Gasteiger partial charge is 0.450 e. The first-order valence-electron chi connectivity index (χ1n) is 10.9. The number of carbonyl (C=O) groups excluding carboxylic acids is 2. The maximum absolute atomic E-state index is 13.3. The third-order valence-corrected chi connectivity index (χ3v) is 6.63. The summed E-state index contributed by atoms with van der Waals surface area (Å²) in [6.07, 6.45) is 1.71. The van der Waals surface area contributed by atoms with E-state index in [-0.39, 0.29) is 17.8 Å². The summed E-state index contributed by atoms with van der Waals surface area (Å²) in [4.78, 5) is 27.5. The van der Waals surface area contributed by atoms with Gasteiger partial charge in [-0.05, 0) is 17.2 Å². The molecule has 2 aliphatic heterocycles. The van der Waals surface area contributed by atoms with Gasteiger partial charge in [0.1, 0.15) is 5.60 Å². The quantitative estimate of drug-likeness (QED) is 0.574. The number of rotatable bonds is 4. The van der Waals surface area contributed by atoms with Crippen LogP contribution in [-0.4, -0.2) is 29.9 Å². The molecule has 156 valence electrons. The number of ether oxygens (including phenoxy) is 1. The number of esters is 1. The van der Waals surface area contributed by atoms with Crippen LogP contribution in [0.2, 0.25) is 0 Å². The normalized spacial score (nSPS) is 16.9. The van der Waals surface area contributed by atoms with Crippen molar-refractivity contribution in [3.05, 3.63) is 107 Å². The van der Waals surface area contributed by atoms with Gasteiger partial charge in [0.05, 0.1) is 5.56 Å². The summed E-state index contributed by atoms with van der Waals surface area (Å²) in [6, 6.07) is 28.1.